The second-order valence-electron chi connectivity index (χ2n) is 3.09. The van der Waals surface area contributed by atoms with Crippen molar-refractivity contribution in [1.29, 1.82) is 0 Å². The summed E-state index contributed by atoms with van der Waals surface area (Å²) in [5, 5.41) is 10.7. The van der Waals surface area contributed by atoms with E-state index < -0.39 is 0 Å². The fraction of sp³-hybridized carbons (Fsp3) is 0.300. The lowest BCUT2D eigenvalue weighted by atomic mass is 10.2. The molecule has 0 radical (unpaired) electrons. The van der Waals surface area contributed by atoms with Crippen LogP contribution in [-0.2, 0) is 0 Å². The maximum atomic E-state index is 8.93. The number of benzene rings is 1. The minimum absolute atomic E-state index is 0.0608. The van der Waals surface area contributed by atoms with Gasteiger partial charge in [0.1, 0.15) is 0 Å². The molecular weight excluding hydrogens is 218 g/mol. The Balaban J connectivity index is 2.20. The number of aliphatic hydroxyl groups is 1. The Morgan fingerprint density at radius 1 is 1.43 bits per heavy atom. The fourth-order valence-corrected chi connectivity index (χ4v) is 2.44. The van der Waals surface area contributed by atoms with Gasteiger partial charge >= 0.3 is 0 Å². The molecule has 0 saturated heterocycles. The maximum Gasteiger partial charge on any atom is 0.0982 e. The lowest BCUT2D eigenvalue weighted by molar-refractivity contribution is 0.277. The van der Waals surface area contributed by atoms with E-state index in [0.717, 1.165) is 21.4 Å². The third-order valence-corrected chi connectivity index (χ3v) is 3.43. The zero-order chi connectivity index (χ0) is 9.97. The molecule has 1 heterocycles. The summed E-state index contributed by atoms with van der Waals surface area (Å²) in [6.45, 7) is 0.129. The normalized spacial score (nSPS) is 21.0. The van der Waals surface area contributed by atoms with E-state index in [1.807, 2.05) is 24.3 Å². The average Bonchev–Trinajstić information content (AvgIpc) is 2.67. The summed E-state index contributed by atoms with van der Waals surface area (Å²) < 4.78 is 0. The van der Waals surface area contributed by atoms with Crippen LogP contribution in [0.15, 0.2) is 29.3 Å². The summed E-state index contributed by atoms with van der Waals surface area (Å²) in [5.41, 5.74) is 1.08. The SMILES string of the molecule is OCC1CSC(c2ccc(Cl)cc2)=N1. The minimum Gasteiger partial charge on any atom is -0.394 e. The molecule has 0 fully saturated rings. The quantitative estimate of drug-likeness (QED) is 0.840. The van der Waals surface area contributed by atoms with Crippen molar-refractivity contribution in [1.82, 2.24) is 0 Å². The van der Waals surface area contributed by atoms with E-state index >= 15 is 0 Å². The van der Waals surface area contributed by atoms with Crippen LogP contribution in [0.4, 0.5) is 0 Å². The molecule has 14 heavy (non-hydrogen) atoms. The molecule has 0 amide bonds. The molecule has 1 aromatic carbocycles. The van der Waals surface area contributed by atoms with E-state index in [0.29, 0.717) is 0 Å². The van der Waals surface area contributed by atoms with Crippen LogP contribution in [-0.4, -0.2) is 28.6 Å². The van der Waals surface area contributed by atoms with Crippen LogP contribution in [0, 0.1) is 0 Å². The Labute approximate surface area is 92.0 Å². The van der Waals surface area contributed by atoms with Crippen LogP contribution >= 0.6 is 23.4 Å². The minimum atomic E-state index is 0.0608. The van der Waals surface area contributed by atoms with Gasteiger partial charge in [0.15, 0.2) is 0 Å². The summed E-state index contributed by atoms with van der Waals surface area (Å²) in [7, 11) is 0. The average molecular weight is 228 g/mol. The van der Waals surface area contributed by atoms with Gasteiger partial charge in [0.2, 0.25) is 0 Å². The molecule has 1 N–H and O–H groups in total. The van der Waals surface area contributed by atoms with Gasteiger partial charge < -0.3 is 5.11 Å². The Morgan fingerprint density at radius 2 is 2.14 bits per heavy atom. The predicted octanol–water partition coefficient (Wildman–Crippen LogP) is 2.19. The molecule has 74 valence electrons. The number of halogens is 1. The third kappa shape index (κ3) is 2.11. The maximum absolute atomic E-state index is 8.93. The first-order valence-corrected chi connectivity index (χ1v) is 5.73. The first kappa shape index (κ1) is 10.0. The molecule has 1 aromatic rings. The van der Waals surface area contributed by atoms with Gasteiger partial charge in [-0.1, -0.05) is 23.7 Å². The topological polar surface area (TPSA) is 32.6 Å². The molecule has 4 heteroatoms. The molecule has 0 saturated carbocycles. The summed E-state index contributed by atoms with van der Waals surface area (Å²) in [6.07, 6.45) is 0. The third-order valence-electron chi connectivity index (χ3n) is 2.01. The van der Waals surface area contributed by atoms with Gasteiger partial charge in [-0.25, -0.2) is 0 Å². The van der Waals surface area contributed by atoms with Gasteiger partial charge in [0.05, 0.1) is 17.7 Å². The van der Waals surface area contributed by atoms with Crippen molar-refractivity contribution < 1.29 is 5.11 Å². The highest BCUT2D eigenvalue weighted by atomic mass is 35.5. The molecule has 2 nitrogen and oxygen atoms in total. The lowest BCUT2D eigenvalue weighted by Gasteiger charge is -1.98. The van der Waals surface area contributed by atoms with Crippen molar-refractivity contribution >= 4 is 28.4 Å². The molecule has 0 aromatic heterocycles. The predicted molar refractivity (Wildman–Crippen MR) is 61.3 cm³/mol. The Hall–Kier alpha value is -0.510. The number of aliphatic imine (C=N–C) groups is 1. The summed E-state index contributed by atoms with van der Waals surface area (Å²) >= 11 is 7.47. The van der Waals surface area contributed by atoms with Crippen molar-refractivity contribution in [2.24, 2.45) is 4.99 Å². The second kappa shape index (κ2) is 4.34. The van der Waals surface area contributed by atoms with Gasteiger partial charge in [-0.15, -0.1) is 11.8 Å². The smallest absolute Gasteiger partial charge is 0.0982 e. The van der Waals surface area contributed by atoms with Crippen LogP contribution in [0.5, 0.6) is 0 Å². The van der Waals surface area contributed by atoms with E-state index in [9.17, 15) is 0 Å². The molecule has 0 spiro atoms. The van der Waals surface area contributed by atoms with Crippen LogP contribution < -0.4 is 0 Å². The molecular formula is C10H10ClNOS. The van der Waals surface area contributed by atoms with Gasteiger partial charge in [0.25, 0.3) is 0 Å². The Bertz CT molecular complexity index is 350. The molecule has 1 aliphatic rings. The number of nitrogens with zero attached hydrogens (tertiary/aromatic N) is 1. The Kier molecular flexibility index (Phi) is 3.11. The van der Waals surface area contributed by atoms with Crippen molar-refractivity contribution in [3.63, 3.8) is 0 Å². The number of hydrogen-bond acceptors (Lipinski definition) is 3. The standard InChI is InChI=1S/C10H10ClNOS/c11-8-3-1-7(2-4-8)10-12-9(5-13)6-14-10/h1-4,9,13H,5-6H2. The van der Waals surface area contributed by atoms with Crippen molar-refractivity contribution in [2.45, 2.75) is 6.04 Å². The van der Waals surface area contributed by atoms with E-state index in [1.165, 1.54) is 0 Å². The van der Waals surface area contributed by atoms with Crippen molar-refractivity contribution in [2.75, 3.05) is 12.4 Å². The Morgan fingerprint density at radius 3 is 2.71 bits per heavy atom. The van der Waals surface area contributed by atoms with Crippen LogP contribution in [0.3, 0.4) is 0 Å². The summed E-state index contributed by atoms with van der Waals surface area (Å²) in [6, 6.07) is 7.67. The van der Waals surface area contributed by atoms with E-state index in [-0.39, 0.29) is 12.6 Å². The van der Waals surface area contributed by atoms with Gasteiger partial charge in [-0.05, 0) is 12.1 Å². The highest BCUT2D eigenvalue weighted by molar-refractivity contribution is 8.14. The van der Waals surface area contributed by atoms with Crippen molar-refractivity contribution in [3.05, 3.63) is 34.9 Å². The van der Waals surface area contributed by atoms with E-state index in [2.05, 4.69) is 4.99 Å². The highest BCUT2D eigenvalue weighted by Crippen LogP contribution is 2.23. The van der Waals surface area contributed by atoms with E-state index in [1.54, 1.807) is 11.8 Å². The largest absolute Gasteiger partial charge is 0.394 e. The number of hydrogen-bond donors (Lipinski definition) is 1. The van der Waals surface area contributed by atoms with Gasteiger partial charge in [0, 0.05) is 16.3 Å². The second-order valence-corrected chi connectivity index (χ2v) is 4.53. The molecule has 1 aliphatic heterocycles. The monoisotopic (exact) mass is 227 g/mol. The van der Waals surface area contributed by atoms with E-state index in [4.69, 9.17) is 16.7 Å². The molecule has 0 bridgehead atoms. The number of aliphatic hydroxyl groups excluding tert-OH is 1. The zero-order valence-electron chi connectivity index (χ0n) is 7.48. The molecule has 2 rings (SSSR count). The summed E-state index contributed by atoms with van der Waals surface area (Å²) in [4.78, 5) is 4.39. The van der Waals surface area contributed by atoms with Crippen LogP contribution in [0.25, 0.3) is 0 Å². The van der Waals surface area contributed by atoms with Crippen LogP contribution in [0.1, 0.15) is 5.56 Å². The van der Waals surface area contributed by atoms with Crippen LogP contribution in [0.2, 0.25) is 5.02 Å². The lowest BCUT2D eigenvalue weighted by Crippen LogP contribution is -2.08. The highest BCUT2D eigenvalue weighted by Gasteiger charge is 2.18. The van der Waals surface area contributed by atoms with Crippen molar-refractivity contribution in [3.8, 4) is 0 Å². The molecule has 1 atom stereocenters. The first-order chi connectivity index (χ1) is 6.79. The molecule has 0 aliphatic carbocycles. The van der Waals surface area contributed by atoms with Gasteiger partial charge in [-0.3, -0.25) is 4.99 Å². The van der Waals surface area contributed by atoms with Gasteiger partial charge in [-0.2, -0.15) is 0 Å². The first-order valence-electron chi connectivity index (χ1n) is 4.37. The number of rotatable bonds is 2. The molecule has 1 unspecified atom stereocenters. The zero-order valence-corrected chi connectivity index (χ0v) is 9.05. The summed E-state index contributed by atoms with van der Waals surface area (Å²) in [5.74, 6) is 0.870. The number of thioether (sulfide) groups is 1. The fourth-order valence-electron chi connectivity index (χ4n) is 1.26.